The van der Waals surface area contributed by atoms with Crippen molar-refractivity contribution in [3.63, 3.8) is 0 Å². The highest BCUT2D eigenvalue weighted by molar-refractivity contribution is 6.31. The van der Waals surface area contributed by atoms with Crippen molar-refractivity contribution in [1.29, 1.82) is 0 Å². The summed E-state index contributed by atoms with van der Waals surface area (Å²) in [4.78, 5) is 0. The Morgan fingerprint density at radius 1 is 1.00 bits per heavy atom. The number of ether oxygens (including phenoxy) is 1. The molecule has 0 bridgehead atoms. The summed E-state index contributed by atoms with van der Waals surface area (Å²) in [6.45, 7) is -6.68. The van der Waals surface area contributed by atoms with Crippen LogP contribution in [0.1, 0.15) is 36.5 Å². The molecule has 160 valence electrons. The lowest BCUT2D eigenvalue weighted by Crippen LogP contribution is -2.47. The summed E-state index contributed by atoms with van der Waals surface area (Å²) in [5.41, 5.74) is 1.39. The van der Waals surface area contributed by atoms with E-state index in [2.05, 4.69) is 0 Å². The fourth-order valence-electron chi connectivity index (χ4n) is 2.79. The van der Waals surface area contributed by atoms with E-state index in [9.17, 15) is 25.5 Å². The fourth-order valence-corrected chi connectivity index (χ4v) is 2.97. The van der Waals surface area contributed by atoms with Crippen molar-refractivity contribution in [3.05, 3.63) is 64.2 Å². The van der Waals surface area contributed by atoms with Crippen LogP contribution >= 0.6 is 11.6 Å². The first-order valence-corrected chi connectivity index (χ1v) is 9.13. The van der Waals surface area contributed by atoms with Crippen LogP contribution in [0.5, 0.6) is 5.75 Å². The smallest absolute Gasteiger partial charge is 0.119 e. The third kappa shape index (κ3) is 6.13. The van der Waals surface area contributed by atoms with Crippen LogP contribution in [0.15, 0.2) is 42.5 Å². The molecule has 0 saturated heterocycles. The summed E-state index contributed by atoms with van der Waals surface area (Å²) < 4.78 is 41.6. The fraction of sp³-hybridized carbons (Fsp3) is 0.429. The van der Waals surface area contributed by atoms with Gasteiger partial charge in [-0.3, -0.25) is 0 Å². The zero-order valence-electron chi connectivity index (χ0n) is 20.3. The van der Waals surface area contributed by atoms with E-state index in [0.717, 1.165) is 0 Å². The highest BCUT2D eigenvalue weighted by Crippen LogP contribution is 2.27. The second-order valence-electron chi connectivity index (χ2n) is 6.54. The molecule has 0 heterocycles. The Bertz CT molecular complexity index is 942. The summed E-state index contributed by atoms with van der Waals surface area (Å²) in [6.07, 6.45) is -8.83. The molecule has 2 aromatic carbocycles. The van der Waals surface area contributed by atoms with Gasteiger partial charge in [0.2, 0.25) is 0 Å². The molecule has 2 rings (SSSR count). The lowest BCUT2D eigenvalue weighted by Gasteiger charge is -2.28. The topological polar surface area (TPSA) is 131 Å². The van der Waals surface area contributed by atoms with Crippen LogP contribution < -0.4 is 4.74 Å². The molecule has 0 aromatic heterocycles. The second kappa shape index (κ2) is 10.9. The summed E-state index contributed by atoms with van der Waals surface area (Å²) in [5.74, 6) is 0.0147. The minimum absolute atomic E-state index is 0.0147. The highest BCUT2D eigenvalue weighted by atomic mass is 35.5. The van der Waals surface area contributed by atoms with Crippen LogP contribution in [0.25, 0.3) is 0 Å². The Kier molecular flexibility index (Phi) is 6.39. The predicted molar refractivity (Wildman–Crippen MR) is 108 cm³/mol. The SMILES string of the molecule is [2H]C([2H])([2H])C([2H])([2H])Oc1ccc(Cc2cc([C@@H](O)[C@H](O)[C@@H](O)[C@H](O)C(O)CO)ccc2Cl)cc1. The summed E-state index contributed by atoms with van der Waals surface area (Å²) in [5, 5.41) is 59.1. The van der Waals surface area contributed by atoms with Crippen molar-refractivity contribution >= 4 is 11.6 Å². The number of hydrogen-bond donors (Lipinski definition) is 6. The molecular formula is C21H27ClO7. The monoisotopic (exact) mass is 431 g/mol. The van der Waals surface area contributed by atoms with Crippen molar-refractivity contribution in [3.8, 4) is 5.75 Å². The highest BCUT2D eigenvalue weighted by Gasteiger charge is 2.34. The van der Waals surface area contributed by atoms with E-state index < -0.39 is 50.5 Å². The van der Waals surface area contributed by atoms with E-state index in [1.807, 2.05) is 0 Å². The van der Waals surface area contributed by atoms with Gasteiger partial charge >= 0.3 is 0 Å². The van der Waals surface area contributed by atoms with Gasteiger partial charge in [0.1, 0.15) is 36.3 Å². The van der Waals surface area contributed by atoms with Gasteiger partial charge in [-0.25, -0.2) is 0 Å². The molecule has 0 fully saturated rings. The van der Waals surface area contributed by atoms with Crippen LogP contribution in [0, 0.1) is 0 Å². The molecule has 6 N–H and O–H groups in total. The van der Waals surface area contributed by atoms with Crippen molar-refractivity contribution in [2.45, 2.75) is 43.8 Å². The molecule has 0 aliphatic heterocycles. The van der Waals surface area contributed by atoms with E-state index >= 15 is 0 Å². The van der Waals surface area contributed by atoms with Gasteiger partial charge in [-0.15, -0.1) is 0 Å². The largest absolute Gasteiger partial charge is 0.494 e. The van der Waals surface area contributed by atoms with E-state index in [-0.39, 0.29) is 17.7 Å². The standard InChI is InChI=1S/C21H27ClO7/c1-2-29-15-6-3-12(4-7-15)9-14-10-13(5-8-16(14)22)18(25)20(27)21(28)19(26)17(24)11-23/h3-8,10,17-21,23-28H,2,9,11H2,1H3/t17?,18-,19-,20+,21+/m1/s1/i1D3,2D2. The van der Waals surface area contributed by atoms with Crippen LogP contribution in [0.4, 0.5) is 0 Å². The third-order valence-corrected chi connectivity index (χ3v) is 4.87. The zero-order chi connectivity index (χ0) is 25.8. The molecule has 0 spiro atoms. The minimum Gasteiger partial charge on any atom is -0.494 e. The Balaban J connectivity index is 2.16. The van der Waals surface area contributed by atoms with Gasteiger partial charge in [-0.2, -0.15) is 0 Å². The average Bonchev–Trinajstić information content (AvgIpc) is 2.78. The maximum Gasteiger partial charge on any atom is 0.119 e. The number of rotatable bonds is 10. The van der Waals surface area contributed by atoms with Gasteiger partial charge in [-0.1, -0.05) is 35.9 Å². The average molecular weight is 432 g/mol. The molecule has 0 radical (unpaired) electrons. The quantitative estimate of drug-likeness (QED) is 0.328. The zero-order valence-corrected chi connectivity index (χ0v) is 16.1. The van der Waals surface area contributed by atoms with Gasteiger partial charge in [0.15, 0.2) is 0 Å². The lowest BCUT2D eigenvalue weighted by atomic mass is 9.93. The third-order valence-electron chi connectivity index (χ3n) is 4.50. The molecule has 0 aliphatic rings. The molecule has 7 nitrogen and oxygen atoms in total. The Morgan fingerprint density at radius 3 is 2.31 bits per heavy atom. The lowest BCUT2D eigenvalue weighted by molar-refractivity contribution is -0.141. The molecular weight excluding hydrogens is 400 g/mol. The molecule has 5 atom stereocenters. The van der Waals surface area contributed by atoms with Crippen LogP contribution in [-0.2, 0) is 6.42 Å². The predicted octanol–water partition coefficient (Wildman–Crippen LogP) is 0.799. The number of aliphatic hydroxyl groups excluding tert-OH is 6. The summed E-state index contributed by atoms with van der Waals surface area (Å²) >= 11 is 6.24. The Labute approximate surface area is 181 Å². The van der Waals surface area contributed by atoms with Gasteiger partial charge in [-0.05, 0) is 48.2 Å². The van der Waals surface area contributed by atoms with Gasteiger partial charge in [0, 0.05) is 9.13 Å². The number of aliphatic hydroxyl groups is 6. The molecule has 0 amide bonds. The maximum absolute atomic E-state index is 10.4. The van der Waals surface area contributed by atoms with Crippen molar-refractivity contribution in [2.24, 2.45) is 0 Å². The molecule has 0 saturated carbocycles. The van der Waals surface area contributed by atoms with Crippen LogP contribution in [0.2, 0.25) is 5.02 Å². The molecule has 29 heavy (non-hydrogen) atoms. The van der Waals surface area contributed by atoms with E-state index in [1.54, 1.807) is 12.1 Å². The van der Waals surface area contributed by atoms with Crippen molar-refractivity contribution < 1.29 is 42.2 Å². The summed E-state index contributed by atoms with van der Waals surface area (Å²) in [6, 6.07) is 10.3. The minimum atomic E-state index is -2.97. The van der Waals surface area contributed by atoms with Gasteiger partial charge in [0.25, 0.3) is 0 Å². The molecule has 1 unspecified atom stereocenters. The van der Waals surface area contributed by atoms with Gasteiger partial charge < -0.3 is 35.4 Å². The second-order valence-corrected chi connectivity index (χ2v) is 6.95. The first-order valence-electron chi connectivity index (χ1n) is 11.3. The van der Waals surface area contributed by atoms with E-state index in [1.165, 1.54) is 30.3 Å². The normalized spacial score (nSPS) is 20.2. The summed E-state index contributed by atoms with van der Waals surface area (Å²) in [7, 11) is 0. The molecule has 2 aromatic rings. The van der Waals surface area contributed by atoms with Gasteiger partial charge in [0.05, 0.1) is 15.9 Å². The Hall–Kier alpha value is -1.71. The number of hydrogen-bond acceptors (Lipinski definition) is 7. The van der Waals surface area contributed by atoms with E-state index in [0.29, 0.717) is 16.1 Å². The van der Waals surface area contributed by atoms with E-state index in [4.69, 9.17) is 28.3 Å². The van der Waals surface area contributed by atoms with Crippen molar-refractivity contribution in [1.82, 2.24) is 0 Å². The first kappa shape index (κ1) is 17.0. The molecule has 8 heteroatoms. The molecule has 0 aliphatic carbocycles. The maximum atomic E-state index is 10.4. The van der Waals surface area contributed by atoms with Crippen LogP contribution in [0.3, 0.4) is 0 Å². The first-order chi connectivity index (χ1) is 15.7. The Morgan fingerprint density at radius 2 is 1.69 bits per heavy atom. The van der Waals surface area contributed by atoms with Crippen molar-refractivity contribution in [2.75, 3.05) is 13.2 Å². The van der Waals surface area contributed by atoms with Crippen LogP contribution in [-0.4, -0.2) is 68.2 Å². The number of halogens is 1. The number of benzene rings is 2.